The summed E-state index contributed by atoms with van der Waals surface area (Å²) in [7, 11) is 0. The number of carbonyl (C=O) groups is 2. The summed E-state index contributed by atoms with van der Waals surface area (Å²) in [6.45, 7) is 2.19. The molecule has 1 N–H and O–H groups in total. The Balaban J connectivity index is 1.73. The molecule has 0 aliphatic carbocycles. The number of benzene rings is 3. The minimum atomic E-state index is -0.382. The molecule has 0 radical (unpaired) electrons. The molecule has 0 aliphatic rings. The Hall–Kier alpha value is -3.31. The fourth-order valence-corrected chi connectivity index (χ4v) is 3.06. The predicted octanol–water partition coefficient (Wildman–Crippen LogP) is 5.02. The third-order valence-corrected chi connectivity index (χ3v) is 4.57. The summed E-state index contributed by atoms with van der Waals surface area (Å²) >= 11 is 6.04. The quantitative estimate of drug-likeness (QED) is 0.596. The van der Waals surface area contributed by atoms with Gasteiger partial charge < -0.3 is 15.0 Å². The van der Waals surface area contributed by atoms with Gasteiger partial charge >= 0.3 is 0 Å². The molecule has 0 heterocycles. The van der Waals surface area contributed by atoms with Crippen molar-refractivity contribution in [1.82, 2.24) is 0 Å². The van der Waals surface area contributed by atoms with Gasteiger partial charge in [0.25, 0.3) is 11.8 Å². The molecule has 0 fully saturated rings. The topological polar surface area (TPSA) is 58.6 Å². The molecule has 0 saturated heterocycles. The normalized spacial score (nSPS) is 10.3. The lowest BCUT2D eigenvalue weighted by Crippen LogP contribution is -2.32. The summed E-state index contributed by atoms with van der Waals surface area (Å²) in [5, 5.41) is 3.19. The number of nitrogens with one attached hydrogen (secondary N) is 1. The van der Waals surface area contributed by atoms with Crippen LogP contribution < -0.4 is 15.0 Å². The van der Waals surface area contributed by atoms with Crippen molar-refractivity contribution in [1.29, 1.82) is 0 Å². The Morgan fingerprint density at radius 2 is 1.59 bits per heavy atom. The number of amides is 2. The van der Waals surface area contributed by atoms with Crippen molar-refractivity contribution in [3.05, 3.63) is 89.4 Å². The van der Waals surface area contributed by atoms with Gasteiger partial charge in [-0.2, -0.15) is 0 Å². The van der Waals surface area contributed by atoms with Crippen molar-refractivity contribution in [3.63, 3.8) is 0 Å². The largest absolute Gasteiger partial charge is 0.482 e. The maximum absolute atomic E-state index is 13.1. The fourth-order valence-electron chi connectivity index (χ4n) is 2.87. The molecule has 0 saturated carbocycles. The van der Waals surface area contributed by atoms with E-state index in [9.17, 15) is 9.59 Å². The second-order valence-electron chi connectivity index (χ2n) is 6.20. The van der Waals surface area contributed by atoms with Gasteiger partial charge in [0.15, 0.2) is 6.61 Å². The summed E-state index contributed by atoms with van der Waals surface area (Å²) in [5.41, 5.74) is 1.63. The highest BCUT2D eigenvalue weighted by atomic mass is 35.5. The summed E-state index contributed by atoms with van der Waals surface area (Å²) in [6.07, 6.45) is 0. The number of anilines is 2. The highest BCUT2D eigenvalue weighted by Gasteiger charge is 2.20. The van der Waals surface area contributed by atoms with Gasteiger partial charge in [-0.1, -0.05) is 54.1 Å². The van der Waals surface area contributed by atoms with Crippen LogP contribution in [0, 0.1) is 0 Å². The molecule has 29 heavy (non-hydrogen) atoms. The first kappa shape index (κ1) is 20.4. The molecule has 3 aromatic rings. The molecule has 6 heteroatoms. The predicted molar refractivity (Wildman–Crippen MR) is 116 cm³/mol. The van der Waals surface area contributed by atoms with E-state index in [1.54, 1.807) is 53.4 Å². The van der Waals surface area contributed by atoms with Crippen molar-refractivity contribution in [2.45, 2.75) is 6.92 Å². The highest BCUT2D eigenvalue weighted by molar-refractivity contribution is 6.32. The van der Waals surface area contributed by atoms with E-state index in [1.165, 1.54) is 0 Å². The molecular weight excluding hydrogens is 388 g/mol. The lowest BCUT2D eigenvalue weighted by molar-refractivity contribution is -0.118. The molecule has 3 aromatic carbocycles. The Labute approximate surface area is 174 Å². The first-order valence-electron chi connectivity index (χ1n) is 9.23. The minimum absolute atomic E-state index is 0.193. The fraction of sp³-hybridized carbons (Fsp3) is 0.130. The number of ether oxygens (including phenoxy) is 1. The highest BCUT2D eigenvalue weighted by Crippen LogP contribution is 2.24. The first-order valence-corrected chi connectivity index (χ1v) is 9.61. The van der Waals surface area contributed by atoms with Gasteiger partial charge in [0.2, 0.25) is 0 Å². The van der Waals surface area contributed by atoms with Crippen molar-refractivity contribution >= 4 is 34.8 Å². The van der Waals surface area contributed by atoms with Gasteiger partial charge in [-0.05, 0) is 43.3 Å². The van der Waals surface area contributed by atoms with Crippen LogP contribution in [0.3, 0.4) is 0 Å². The number of hydrogen-bond acceptors (Lipinski definition) is 3. The molecule has 3 rings (SSSR count). The van der Waals surface area contributed by atoms with Crippen LogP contribution in [0.1, 0.15) is 17.3 Å². The summed E-state index contributed by atoms with van der Waals surface area (Å²) in [5.74, 6) is -0.149. The number of carbonyl (C=O) groups excluding carboxylic acids is 2. The smallest absolute Gasteiger partial charge is 0.262 e. The van der Waals surface area contributed by atoms with Crippen molar-refractivity contribution < 1.29 is 14.3 Å². The maximum Gasteiger partial charge on any atom is 0.262 e. The average molecular weight is 409 g/mol. The minimum Gasteiger partial charge on any atom is -0.482 e. The van der Waals surface area contributed by atoms with Gasteiger partial charge in [-0.15, -0.1) is 0 Å². The molecule has 0 bridgehead atoms. The van der Waals surface area contributed by atoms with Crippen molar-refractivity contribution in [2.75, 3.05) is 23.4 Å². The van der Waals surface area contributed by atoms with Crippen molar-refractivity contribution in [3.8, 4) is 5.75 Å². The van der Waals surface area contributed by atoms with E-state index in [2.05, 4.69) is 5.32 Å². The van der Waals surface area contributed by atoms with Gasteiger partial charge in [-0.3, -0.25) is 9.59 Å². The van der Waals surface area contributed by atoms with Crippen LogP contribution in [0.4, 0.5) is 11.4 Å². The summed E-state index contributed by atoms with van der Waals surface area (Å²) in [6, 6.07) is 23.3. The van der Waals surface area contributed by atoms with Gasteiger partial charge in [0.05, 0.1) is 16.3 Å². The Morgan fingerprint density at radius 3 is 2.31 bits per heavy atom. The maximum atomic E-state index is 13.1. The molecule has 0 atom stereocenters. The van der Waals surface area contributed by atoms with E-state index in [-0.39, 0.29) is 18.4 Å². The van der Waals surface area contributed by atoms with E-state index in [0.717, 1.165) is 5.69 Å². The number of nitrogens with zero attached hydrogens (tertiary/aromatic N) is 1. The van der Waals surface area contributed by atoms with Crippen LogP contribution in [0.25, 0.3) is 0 Å². The monoisotopic (exact) mass is 408 g/mol. The van der Waals surface area contributed by atoms with Crippen LogP contribution >= 0.6 is 11.6 Å². The lowest BCUT2D eigenvalue weighted by atomic mass is 10.1. The van der Waals surface area contributed by atoms with Gasteiger partial charge in [-0.25, -0.2) is 0 Å². The van der Waals surface area contributed by atoms with Crippen LogP contribution in [-0.4, -0.2) is 25.0 Å². The molecule has 0 unspecified atom stereocenters. The summed E-state index contributed by atoms with van der Waals surface area (Å²) in [4.78, 5) is 27.2. The average Bonchev–Trinajstić information content (AvgIpc) is 2.75. The molecule has 148 valence electrons. The number of rotatable bonds is 7. The third kappa shape index (κ3) is 5.15. The molecular formula is C23H21ClN2O3. The van der Waals surface area contributed by atoms with E-state index in [4.69, 9.17) is 16.3 Å². The van der Waals surface area contributed by atoms with Crippen LogP contribution in [0.2, 0.25) is 5.02 Å². The zero-order valence-corrected chi connectivity index (χ0v) is 16.7. The van der Waals surface area contributed by atoms with Crippen LogP contribution in [0.15, 0.2) is 78.9 Å². The van der Waals surface area contributed by atoms with E-state index < -0.39 is 0 Å². The number of hydrogen-bond donors (Lipinski definition) is 1. The van der Waals surface area contributed by atoms with E-state index >= 15 is 0 Å². The lowest BCUT2D eigenvalue weighted by Gasteiger charge is -2.22. The summed E-state index contributed by atoms with van der Waals surface area (Å²) < 4.78 is 5.47. The zero-order chi connectivity index (χ0) is 20.6. The van der Waals surface area contributed by atoms with Gasteiger partial charge in [0, 0.05) is 12.2 Å². The zero-order valence-electron chi connectivity index (χ0n) is 16.0. The molecule has 0 aliphatic heterocycles. The third-order valence-electron chi connectivity index (χ3n) is 4.26. The molecule has 2 amide bonds. The van der Waals surface area contributed by atoms with Gasteiger partial charge in [0.1, 0.15) is 5.75 Å². The van der Waals surface area contributed by atoms with E-state index in [1.807, 2.05) is 37.3 Å². The van der Waals surface area contributed by atoms with Crippen LogP contribution in [0.5, 0.6) is 5.75 Å². The standard InChI is InChI=1S/C23H21ClN2O3/c1-2-26(17-10-4-3-5-11-17)23(28)18-12-6-8-14-20(18)25-22(27)16-29-21-15-9-7-13-19(21)24/h3-15H,2,16H2,1H3,(H,25,27). The SMILES string of the molecule is CCN(C(=O)c1ccccc1NC(=O)COc1ccccc1Cl)c1ccccc1. The second-order valence-corrected chi connectivity index (χ2v) is 6.61. The molecule has 0 aromatic heterocycles. The first-order chi connectivity index (χ1) is 14.1. The number of para-hydroxylation sites is 3. The Bertz CT molecular complexity index is 992. The Kier molecular flexibility index (Phi) is 6.87. The number of halogens is 1. The molecule has 5 nitrogen and oxygen atoms in total. The van der Waals surface area contributed by atoms with Crippen molar-refractivity contribution in [2.24, 2.45) is 0 Å². The Morgan fingerprint density at radius 1 is 0.931 bits per heavy atom. The van der Waals surface area contributed by atoms with E-state index in [0.29, 0.717) is 28.6 Å². The molecule has 0 spiro atoms. The van der Waals surface area contributed by atoms with Crippen LogP contribution in [-0.2, 0) is 4.79 Å². The second kappa shape index (κ2) is 9.75.